The van der Waals surface area contributed by atoms with Crippen molar-refractivity contribution in [3.05, 3.63) is 65.5 Å². The Morgan fingerprint density at radius 2 is 2.00 bits per heavy atom. The summed E-state index contributed by atoms with van der Waals surface area (Å²) in [6, 6.07) is 12.5. The van der Waals surface area contributed by atoms with Gasteiger partial charge in [0.05, 0.1) is 11.1 Å². The van der Waals surface area contributed by atoms with E-state index < -0.39 is 12.1 Å². The summed E-state index contributed by atoms with van der Waals surface area (Å²) in [5.41, 5.74) is 0.999. The molecule has 1 N–H and O–H groups in total. The van der Waals surface area contributed by atoms with Crippen molar-refractivity contribution in [2.75, 3.05) is 0 Å². The highest BCUT2D eigenvalue weighted by Crippen LogP contribution is 2.26. The first kappa shape index (κ1) is 15.6. The molecule has 7 heteroatoms. The van der Waals surface area contributed by atoms with Crippen LogP contribution >= 0.6 is 11.3 Å². The number of rotatable bonds is 5. The quantitative estimate of drug-likeness (QED) is 0.715. The predicted octanol–water partition coefficient (Wildman–Crippen LogP) is 3.07. The molecule has 1 aliphatic rings. The van der Waals surface area contributed by atoms with Gasteiger partial charge in [-0.25, -0.2) is 9.78 Å². The van der Waals surface area contributed by atoms with Crippen molar-refractivity contribution in [3.8, 4) is 10.6 Å². The minimum Gasteiger partial charge on any atom is -0.438 e. The van der Waals surface area contributed by atoms with E-state index in [9.17, 15) is 9.59 Å². The summed E-state index contributed by atoms with van der Waals surface area (Å²) in [4.78, 5) is 31.0. The number of aromatic nitrogens is 1. The lowest BCUT2D eigenvalue weighted by Gasteiger charge is -2.10. The van der Waals surface area contributed by atoms with Crippen LogP contribution in [-0.2, 0) is 17.8 Å². The van der Waals surface area contributed by atoms with E-state index in [1.165, 1.54) is 0 Å². The number of oxazole rings is 1. The van der Waals surface area contributed by atoms with Crippen LogP contribution in [0.15, 0.2) is 58.5 Å². The number of benzene rings is 1. The first-order valence-corrected chi connectivity index (χ1v) is 8.73. The molecule has 2 aromatic heterocycles. The van der Waals surface area contributed by atoms with Gasteiger partial charge in [-0.15, -0.1) is 11.3 Å². The molecule has 126 valence electrons. The Hall–Kier alpha value is -2.93. The lowest BCUT2D eigenvalue weighted by atomic mass is 10.1. The largest absolute Gasteiger partial charge is 0.438 e. The number of hydrogen-bond donors (Lipinski definition) is 1. The second kappa shape index (κ2) is 6.52. The van der Waals surface area contributed by atoms with Gasteiger partial charge in [-0.2, -0.15) is 0 Å². The Morgan fingerprint density at radius 1 is 1.16 bits per heavy atom. The number of amides is 3. The molecule has 6 nitrogen and oxygen atoms in total. The molecular weight excluding hydrogens is 338 g/mol. The summed E-state index contributed by atoms with van der Waals surface area (Å²) in [7, 11) is 0. The SMILES string of the molecule is O=C1N[C@H](Cc2ccccc2)C(=O)N1Cc1ncc(-c2cccs2)o1. The molecular formula is C18H15N3O3S. The molecule has 25 heavy (non-hydrogen) atoms. The van der Waals surface area contributed by atoms with Crippen LogP contribution < -0.4 is 5.32 Å². The van der Waals surface area contributed by atoms with Gasteiger partial charge >= 0.3 is 6.03 Å². The summed E-state index contributed by atoms with van der Waals surface area (Å²) in [5.74, 6) is 0.717. The number of nitrogens with one attached hydrogen (secondary N) is 1. The van der Waals surface area contributed by atoms with Crippen molar-refractivity contribution in [2.45, 2.75) is 19.0 Å². The highest BCUT2D eigenvalue weighted by atomic mass is 32.1. The Balaban J connectivity index is 1.46. The first-order valence-electron chi connectivity index (χ1n) is 7.85. The Kier molecular flexibility index (Phi) is 4.07. The third kappa shape index (κ3) is 3.18. The van der Waals surface area contributed by atoms with Crippen LogP contribution in [0.2, 0.25) is 0 Å². The number of carbonyl (C=O) groups is 2. The maximum Gasteiger partial charge on any atom is 0.325 e. The van der Waals surface area contributed by atoms with Gasteiger partial charge in [-0.1, -0.05) is 36.4 Å². The van der Waals surface area contributed by atoms with E-state index in [-0.39, 0.29) is 12.5 Å². The van der Waals surface area contributed by atoms with E-state index in [0.717, 1.165) is 15.3 Å². The highest BCUT2D eigenvalue weighted by molar-refractivity contribution is 7.13. The fourth-order valence-corrected chi connectivity index (χ4v) is 3.44. The number of thiophene rings is 1. The fraction of sp³-hybridized carbons (Fsp3) is 0.167. The molecule has 1 aromatic carbocycles. The van der Waals surface area contributed by atoms with Crippen molar-refractivity contribution in [2.24, 2.45) is 0 Å². The van der Waals surface area contributed by atoms with Crippen LogP contribution in [0.25, 0.3) is 10.6 Å². The third-order valence-corrected chi connectivity index (χ3v) is 4.89. The lowest BCUT2D eigenvalue weighted by Crippen LogP contribution is -2.32. The average molecular weight is 353 g/mol. The maximum absolute atomic E-state index is 12.5. The van der Waals surface area contributed by atoms with E-state index >= 15 is 0 Å². The fourth-order valence-electron chi connectivity index (χ4n) is 2.77. The van der Waals surface area contributed by atoms with E-state index in [1.54, 1.807) is 17.5 Å². The predicted molar refractivity (Wildman–Crippen MR) is 92.8 cm³/mol. The van der Waals surface area contributed by atoms with E-state index in [4.69, 9.17) is 4.42 Å². The Bertz CT molecular complexity index is 889. The zero-order chi connectivity index (χ0) is 17.2. The smallest absolute Gasteiger partial charge is 0.325 e. The Morgan fingerprint density at radius 3 is 2.76 bits per heavy atom. The average Bonchev–Trinajstić information content (AvgIpc) is 3.34. The minimum atomic E-state index is -0.554. The van der Waals surface area contributed by atoms with Gasteiger partial charge in [-0.05, 0) is 17.0 Å². The normalized spacial score (nSPS) is 17.1. The van der Waals surface area contributed by atoms with Gasteiger partial charge in [0.15, 0.2) is 5.76 Å². The second-order valence-electron chi connectivity index (χ2n) is 5.71. The van der Waals surface area contributed by atoms with Crippen molar-refractivity contribution in [3.63, 3.8) is 0 Å². The highest BCUT2D eigenvalue weighted by Gasteiger charge is 2.38. The van der Waals surface area contributed by atoms with Gasteiger partial charge in [0, 0.05) is 6.42 Å². The summed E-state index contributed by atoms with van der Waals surface area (Å²) in [6.45, 7) is 0.0291. The summed E-state index contributed by atoms with van der Waals surface area (Å²) < 4.78 is 5.67. The first-order chi connectivity index (χ1) is 12.2. The van der Waals surface area contributed by atoms with Crippen molar-refractivity contribution >= 4 is 23.3 Å². The number of urea groups is 1. The summed E-state index contributed by atoms with van der Waals surface area (Å²) in [5, 5.41) is 4.67. The van der Waals surface area contributed by atoms with E-state index in [1.807, 2.05) is 47.8 Å². The zero-order valence-corrected chi connectivity index (χ0v) is 14.0. The summed E-state index contributed by atoms with van der Waals surface area (Å²) >= 11 is 1.54. The van der Waals surface area contributed by atoms with Crippen LogP contribution in [0.4, 0.5) is 4.79 Å². The topological polar surface area (TPSA) is 75.4 Å². The molecule has 1 saturated heterocycles. The molecule has 1 atom stereocenters. The molecule has 0 bridgehead atoms. The molecule has 0 radical (unpaired) electrons. The summed E-state index contributed by atoms with van der Waals surface area (Å²) in [6.07, 6.45) is 2.08. The number of nitrogens with zero attached hydrogens (tertiary/aromatic N) is 2. The molecule has 1 aliphatic heterocycles. The Labute approximate surface area is 148 Å². The third-order valence-electron chi connectivity index (χ3n) is 4.00. The van der Waals surface area contributed by atoms with Crippen LogP contribution in [0.5, 0.6) is 0 Å². The van der Waals surface area contributed by atoms with Crippen molar-refractivity contribution in [1.29, 1.82) is 0 Å². The van der Waals surface area contributed by atoms with Gasteiger partial charge in [0.25, 0.3) is 5.91 Å². The van der Waals surface area contributed by atoms with Gasteiger partial charge in [0.1, 0.15) is 12.6 Å². The number of hydrogen-bond acceptors (Lipinski definition) is 5. The van der Waals surface area contributed by atoms with Crippen LogP contribution in [-0.4, -0.2) is 27.9 Å². The van der Waals surface area contributed by atoms with Crippen LogP contribution in [0.1, 0.15) is 11.5 Å². The van der Waals surface area contributed by atoms with E-state index in [2.05, 4.69) is 10.3 Å². The van der Waals surface area contributed by atoms with Gasteiger partial charge in [-0.3, -0.25) is 9.69 Å². The maximum atomic E-state index is 12.5. The molecule has 0 spiro atoms. The van der Waals surface area contributed by atoms with Gasteiger partial charge in [0.2, 0.25) is 5.89 Å². The molecule has 3 aromatic rings. The molecule has 0 unspecified atom stereocenters. The molecule has 0 aliphatic carbocycles. The minimum absolute atomic E-state index is 0.0291. The van der Waals surface area contributed by atoms with Crippen molar-refractivity contribution < 1.29 is 14.0 Å². The number of carbonyl (C=O) groups excluding carboxylic acids is 2. The standard InChI is InChI=1S/C18H15N3O3S/c22-17-13(9-12-5-2-1-3-6-12)20-18(23)21(17)11-16-19-10-14(24-16)15-7-4-8-25-15/h1-8,10,13H,9,11H2,(H,20,23)/t13-/m1/s1. The van der Waals surface area contributed by atoms with E-state index in [0.29, 0.717) is 18.1 Å². The molecule has 3 amide bonds. The second-order valence-corrected chi connectivity index (χ2v) is 6.66. The lowest BCUT2D eigenvalue weighted by molar-refractivity contribution is -0.128. The van der Waals surface area contributed by atoms with Gasteiger partial charge < -0.3 is 9.73 Å². The van der Waals surface area contributed by atoms with Crippen molar-refractivity contribution in [1.82, 2.24) is 15.2 Å². The molecule has 1 fully saturated rings. The molecule has 3 heterocycles. The zero-order valence-electron chi connectivity index (χ0n) is 13.2. The monoisotopic (exact) mass is 353 g/mol. The molecule has 4 rings (SSSR count). The van der Waals surface area contributed by atoms with Crippen LogP contribution in [0.3, 0.4) is 0 Å². The van der Waals surface area contributed by atoms with Crippen LogP contribution in [0, 0.1) is 0 Å². The number of imide groups is 1. The molecule has 0 saturated carbocycles.